The average Bonchev–Trinajstić information content (AvgIpc) is 3.73. The van der Waals surface area contributed by atoms with Crippen LogP contribution in [0.5, 0.6) is 0 Å². The second-order valence-electron chi connectivity index (χ2n) is 14.0. The van der Waals surface area contributed by atoms with Crippen molar-refractivity contribution in [1.29, 1.82) is 0 Å². The number of fused-ring (bicyclic) bond motifs is 10. The number of aromatic nitrogens is 5. The van der Waals surface area contributed by atoms with Crippen LogP contribution in [-0.4, -0.2) is 24.9 Å². The molecule has 1 atom stereocenters. The molecule has 0 spiro atoms. The second-order valence-corrected chi connectivity index (χ2v) is 14.0. The molecule has 0 aliphatic heterocycles. The van der Waals surface area contributed by atoms with Crippen LogP contribution in [0.2, 0.25) is 0 Å². The summed E-state index contributed by atoms with van der Waals surface area (Å²) in [5, 5.41) is 6.82. The summed E-state index contributed by atoms with van der Waals surface area (Å²) < 4.78 is 0. The van der Waals surface area contributed by atoms with Gasteiger partial charge in [0, 0.05) is 27.3 Å². The van der Waals surface area contributed by atoms with E-state index in [1.807, 2.05) is 36.4 Å². The van der Waals surface area contributed by atoms with Crippen molar-refractivity contribution in [3.05, 3.63) is 180 Å². The molecule has 0 amide bonds. The lowest BCUT2D eigenvalue weighted by Crippen LogP contribution is -2.22. The molecule has 0 radical (unpaired) electrons. The van der Waals surface area contributed by atoms with E-state index in [0.717, 1.165) is 43.8 Å². The van der Waals surface area contributed by atoms with Gasteiger partial charge in [0.25, 0.3) is 0 Å². The molecule has 5 heteroatoms. The van der Waals surface area contributed by atoms with Crippen molar-refractivity contribution >= 4 is 43.5 Å². The molecule has 3 heterocycles. The molecule has 248 valence electrons. The van der Waals surface area contributed by atoms with Crippen LogP contribution in [0.4, 0.5) is 0 Å². The summed E-state index contributed by atoms with van der Waals surface area (Å²) in [6, 6.07) is 57.6. The lowest BCUT2D eigenvalue weighted by atomic mass is 9.74. The van der Waals surface area contributed by atoms with E-state index in [1.54, 1.807) is 0 Å². The largest absolute Gasteiger partial charge is 0.339 e. The number of pyridine rings is 1. The van der Waals surface area contributed by atoms with Gasteiger partial charge in [-0.2, -0.15) is 0 Å². The monoisotopic (exact) mass is 677 g/mol. The molecule has 5 nitrogen and oxygen atoms in total. The molecule has 0 saturated heterocycles. The summed E-state index contributed by atoms with van der Waals surface area (Å²) in [6.07, 6.45) is 0. The average molecular weight is 678 g/mol. The summed E-state index contributed by atoms with van der Waals surface area (Å²) in [7, 11) is 0. The van der Waals surface area contributed by atoms with Gasteiger partial charge in [-0.3, -0.25) is 0 Å². The molecule has 10 aromatic rings. The van der Waals surface area contributed by atoms with E-state index >= 15 is 0 Å². The highest BCUT2D eigenvalue weighted by Gasteiger charge is 2.42. The highest BCUT2D eigenvalue weighted by atomic mass is 15.1. The van der Waals surface area contributed by atoms with Crippen molar-refractivity contribution in [2.24, 2.45) is 0 Å². The molecule has 0 saturated carbocycles. The highest BCUT2D eigenvalue weighted by Crippen LogP contribution is 2.55. The van der Waals surface area contributed by atoms with Gasteiger partial charge in [0.15, 0.2) is 17.5 Å². The van der Waals surface area contributed by atoms with Crippen molar-refractivity contribution < 1.29 is 0 Å². The summed E-state index contributed by atoms with van der Waals surface area (Å²) in [5.41, 5.74) is 10.5. The van der Waals surface area contributed by atoms with Gasteiger partial charge in [0.05, 0.1) is 5.52 Å². The van der Waals surface area contributed by atoms with Gasteiger partial charge in [-0.25, -0.2) is 19.9 Å². The van der Waals surface area contributed by atoms with Gasteiger partial charge in [-0.1, -0.05) is 146 Å². The number of nitrogens with one attached hydrogen (secondary N) is 1. The first-order chi connectivity index (χ1) is 26.1. The zero-order valence-electron chi connectivity index (χ0n) is 28.9. The minimum atomic E-state index is -0.341. The van der Waals surface area contributed by atoms with E-state index in [4.69, 9.17) is 19.9 Å². The first kappa shape index (κ1) is 29.7. The van der Waals surface area contributed by atoms with Gasteiger partial charge < -0.3 is 4.98 Å². The molecule has 7 aromatic carbocycles. The number of benzene rings is 7. The second kappa shape index (κ2) is 11.3. The van der Waals surface area contributed by atoms with Crippen LogP contribution < -0.4 is 0 Å². The van der Waals surface area contributed by atoms with Crippen LogP contribution in [-0.2, 0) is 5.41 Å². The zero-order valence-corrected chi connectivity index (χ0v) is 28.9. The third-order valence-corrected chi connectivity index (χ3v) is 11.1. The van der Waals surface area contributed by atoms with Crippen LogP contribution in [0.3, 0.4) is 0 Å². The SMILES string of the molecule is CC1(c2ccccc2)c2ccccc2-c2ccc3c([nH]c4nc(-c5nc(-c6ccccc6)nc(-c6cc7ccccc7c7ccccc67)n5)ccc43)c21. The Morgan fingerprint density at radius 3 is 1.96 bits per heavy atom. The van der Waals surface area contributed by atoms with Crippen molar-refractivity contribution in [2.75, 3.05) is 0 Å². The highest BCUT2D eigenvalue weighted by molar-refractivity contribution is 6.13. The van der Waals surface area contributed by atoms with Crippen LogP contribution in [0.15, 0.2) is 164 Å². The van der Waals surface area contributed by atoms with Gasteiger partial charge in [0.1, 0.15) is 11.3 Å². The maximum atomic E-state index is 5.25. The third-order valence-electron chi connectivity index (χ3n) is 11.1. The molecule has 0 fully saturated rings. The Balaban J connectivity index is 1.13. The first-order valence-corrected chi connectivity index (χ1v) is 18.0. The fraction of sp³-hybridized carbons (Fsp3) is 0.0417. The van der Waals surface area contributed by atoms with E-state index in [2.05, 4.69) is 139 Å². The Labute approximate surface area is 305 Å². The predicted octanol–water partition coefficient (Wildman–Crippen LogP) is 11.5. The molecule has 1 aliphatic rings. The number of H-pyrrole nitrogens is 1. The molecule has 1 unspecified atom stereocenters. The normalized spacial score (nSPS) is 15.0. The first-order valence-electron chi connectivity index (χ1n) is 18.0. The molecule has 1 aliphatic carbocycles. The van der Waals surface area contributed by atoms with Crippen LogP contribution in [0.1, 0.15) is 23.6 Å². The number of hydrogen-bond donors (Lipinski definition) is 1. The van der Waals surface area contributed by atoms with Gasteiger partial charge in [-0.15, -0.1) is 0 Å². The molecule has 11 rings (SSSR count). The van der Waals surface area contributed by atoms with Crippen molar-refractivity contribution in [3.8, 4) is 45.4 Å². The van der Waals surface area contributed by atoms with Crippen molar-refractivity contribution in [3.63, 3.8) is 0 Å². The van der Waals surface area contributed by atoms with E-state index in [9.17, 15) is 0 Å². The van der Waals surface area contributed by atoms with Crippen LogP contribution in [0, 0.1) is 0 Å². The fourth-order valence-corrected chi connectivity index (χ4v) is 8.64. The Morgan fingerprint density at radius 1 is 0.453 bits per heavy atom. The standard InChI is InChI=1S/C48H31N5/c1-48(31-17-6-3-7-18-31)40-23-13-12-22-35(40)36-24-25-37-38-26-27-41(49-45(38)50-43(37)42(36)48)47-52-44(29-14-4-2-5-15-29)51-46(53-47)39-28-30-16-8-9-19-32(30)33-20-10-11-21-34(33)39/h2-28H,1H3,(H,49,50). The maximum Gasteiger partial charge on any atom is 0.182 e. The quantitative estimate of drug-likeness (QED) is 0.188. The van der Waals surface area contributed by atoms with Crippen molar-refractivity contribution in [1.82, 2.24) is 24.9 Å². The number of rotatable bonds is 4. The van der Waals surface area contributed by atoms with E-state index in [1.165, 1.54) is 38.6 Å². The molecule has 53 heavy (non-hydrogen) atoms. The minimum Gasteiger partial charge on any atom is -0.339 e. The lowest BCUT2D eigenvalue weighted by Gasteiger charge is -2.28. The van der Waals surface area contributed by atoms with Gasteiger partial charge in [0.2, 0.25) is 0 Å². The van der Waals surface area contributed by atoms with Gasteiger partial charge >= 0.3 is 0 Å². The Hall–Kier alpha value is -6.98. The van der Waals surface area contributed by atoms with Crippen LogP contribution >= 0.6 is 0 Å². The van der Waals surface area contributed by atoms with E-state index in [-0.39, 0.29) is 5.41 Å². The predicted molar refractivity (Wildman–Crippen MR) is 216 cm³/mol. The Kier molecular flexibility index (Phi) is 6.31. The fourth-order valence-electron chi connectivity index (χ4n) is 8.64. The summed E-state index contributed by atoms with van der Waals surface area (Å²) in [6.45, 7) is 2.35. The number of hydrogen-bond acceptors (Lipinski definition) is 4. The van der Waals surface area contributed by atoms with Crippen molar-refractivity contribution in [2.45, 2.75) is 12.3 Å². The van der Waals surface area contributed by atoms with Gasteiger partial charge in [-0.05, 0) is 74.5 Å². The lowest BCUT2D eigenvalue weighted by molar-refractivity contribution is 0.719. The molecule has 3 aromatic heterocycles. The van der Waals surface area contributed by atoms with E-state index < -0.39 is 0 Å². The molecule has 1 N–H and O–H groups in total. The number of aromatic amines is 1. The topological polar surface area (TPSA) is 67.3 Å². The summed E-state index contributed by atoms with van der Waals surface area (Å²) in [5.74, 6) is 1.75. The maximum absolute atomic E-state index is 5.25. The number of nitrogens with zero attached hydrogens (tertiary/aromatic N) is 4. The third kappa shape index (κ3) is 4.37. The van der Waals surface area contributed by atoms with Crippen LogP contribution in [0.25, 0.3) is 88.9 Å². The molecular weight excluding hydrogens is 647 g/mol. The smallest absolute Gasteiger partial charge is 0.182 e. The minimum absolute atomic E-state index is 0.341. The summed E-state index contributed by atoms with van der Waals surface area (Å²) >= 11 is 0. The zero-order chi connectivity index (χ0) is 35.1. The summed E-state index contributed by atoms with van der Waals surface area (Å²) in [4.78, 5) is 24.4. The Morgan fingerprint density at radius 2 is 1.11 bits per heavy atom. The van der Waals surface area contributed by atoms with E-state index in [0.29, 0.717) is 23.2 Å². The molecular formula is C48H31N5. The molecule has 0 bridgehead atoms. The Bertz CT molecular complexity index is 3080.